The van der Waals surface area contributed by atoms with Gasteiger partial charge in [-0.15, -0.1) is 0 Å². The third-order valence-electron chi connectivity index (χ3n) is 4.97. The van der Waals surface area contributed by atoms with E-state index in [-0.39, 0.29) is 29.4 Å². The average Bonchev–Trinajstić information content (AvgIpc) is 3.17. The molecule has 1 aromatic heterocycles. The number of hydrogen-bond donors (Lipinski definition) is 0. The standard InChI is InChI=1S/C20H26N2O5S/c1-14(2)10-22(15-8-9-28(25,26)13-15)19(23)12-27-20(24)17-11-21(3)18-7-5-4-6-16(17)18/h4-7,11,14-15H,8-10,12-13H2,1-3H3/t15-/m0/s1. The van der Waals surface area contributed by atoms with Crippen LogP contribution in [0.4, 0.5) is 0 Å². The van der Waals surface area contributed by atoms with Gasteiger partial charge >= 0.3 is 5.97 Å². The van der Waals surface area contributed by atoms with Gasteiger partial charge in [-0.25, -0.2) is 13.2 Å². The molecule has 1 fully saturated rings. The van der Waals surface area contributed by atoms with Gasteiger partial charge in [0.25, 0.3) is 5.91 Å². The molecule has 2 aromatic rings. The largest absolute Gasteiger partial charge is 0.452 e. The zero-order chi connectivity index (χ0) is 20.5. The molecule has 2 heterocycles. The van der Waals surface area contributed by atoms with Gasteiger partial charge in [-0.2, -0.15) is 0 Å². The summed E-state index contributed by atoms with van der Waals surface area (Å²) in [5.41, 5.74) is 1.31. The second-order valence-corrected chi connectivity index (χ2v) is 9.97. The van der Waals surface area contributed by atoms with Crippen molar-refractivity contribution in [3.05, 3.63) is 36.0 Å². The Morgan fingerprint density at radius 3 is 2.64 bits per heavy atom. The summed E-state index contributed by atoms with van der Waals surface area (Å²) in [7, 11) is -1.27. The minimum absolute atomic E-state index is 0.0251. The molecule has 3 rings (SSSR count). The molecule has 28 heavy (non-hydrogen) atoms. The third-order valence-corrected chi connectivity index (χ3v) is 6.73. The van der Waals surface area contributed by atoms with Crippen molar-refractivity contribution in [2.24, 2.45) is 13.0 Å². The molecule has 0 radical (unpaired) electrons. The van der Waals surface area contributed by atoms with E-state index in [0.29, 0.717) is 18.5 Å². The fourth-order valence-corrected chi connectivity index (χ4v) is 5.39. The highest BCUT2D eigenvalue weighted by molar-refractivity contribution is 7.91. The summed E-state index contributed by atoms with van der Waals surface area (Å²) in [5, 5.41) is 0.767. The molecule has 1 saturated heterocycles. The SMILES string of the molecule is CC(C)CN(C(=O)COC(=O)c1cn(C)c2ccccc12)[C@H]1CCS(=O)(=O)C1. The maximum atomic E-state index is 12.7. The fraction of sp³-hybridized carbons (Fsp3) is 0.500. The number of para-hydroxylation sites is 1. The van der Waals surface area contributed by atoms with Crippen LogP contribution in [0.2, 0.25) is 0 Å². The van der Waals surface area contributed by atoms with Gasteiger partial charge in [-0.1, -0.05) is 32.0 Å². The molecule has 1 aliphatic heterocycles. The monoisotopic (exact) mass is 406 g/mol. The van der Waals surface area contributed by atoms with E-state index in [9.17, 15) is 18.0 Å². The molecular weight excluding hydrogens is 380 g/mol. The lowest BCUT2D eigenvalue weighted by molar-refractivity contribution is -0.137. The number of fused-ring (bicyclic) bond motifs is 1. The smallest absolute Gasteiger partial charge is 0.340 e. The number of rotatable bonds is 6. The van der Waals surface area contributed by atoms with Crippen LogP contribution in [0.1, 0.15) is 30.6 Å². The first-order valence-electron chi connectivity index (χ1n) is 9.39. The Bertz CT molecular complexity index is 993. The van der Waals surface area contributed by atoms with Gasteiger partial charge in [0.15, 0.2) is 16.4 Å². The molecule has 152 valence electrons. The van der Waals surface area contributed by atoms with E-state index in [4.69, 9.17) is 4.74 Å². The van der Waals surface area contributed by atoms with Crippen molar-refractivity contribution >= 4 is 32.6 Å². The lowest BCUT2D eigenvalue weighted by Crippen LogP contribution is -2.45. The zero-order valence-corrected chi connectivity index (χ0v) is 17.2. The first-order chi connectivity index (χ1) is 13.2. The number of aryl methyl sites for hydroxylation is 1. The van der Waals surface area contributed by atoms with Crippen LogP contribution >= 0.6 is 0 Å². The summed E-state index contributed by atoms with van der Waals surface area (Å²) < 4.78 is 30.7. The molecule has 0 bridgehead atoms. The Hall–Kier alpha value is -2.35. The predicted octanol–water partition coefficient (Wildman–Crippen LogP) is 2.01. The van der Waals surface area contributed by atoms with Gasteiger partial charge in [0.05, 0.1) is 17.1 Å². The molecule has 8 heteroatoms. The van der Waals surface area contributed by atoms with Crippen molar-refractivity contribution in [3.63, 3.8) is 0 Å². The van der Waals surface area contributed by atoms with Gasteiger partial charge in [0.2, 0.25) is 0 Å². The number of sulfone groups is 1. The quantitative estimate of drug-likeness (QED) is 0.685. The second kappa shape index (κ2) is 7.95. The molecule has 0 saturated carbocycles. The Morgan fingerprint density at radius 2 is 2.00 bits per heavy atom. The first-order valence-corrected chi connectivity index (χ1v) is 11.2. The maximum Gasteiger partial charge on any atom is 0.340 e. The summed E-state index contributed by atoms with van der Waals surface area (Å²) in [5.74, 6) is -0.669. The summed E-state index contributed by atoms with van der Waals surface area (Å²) in [6.07, 6.45) is 2.12. The number of carbonyl (C=O) groups is 2. The molecular formula is C20H26N2O5S. The number of carbonyl (C=O) groups excluding carboxylic acids is 2. The molecule has 0 spiro atoms. The van der Waals surface area contributed by atoms with Crippen LogP contribution in [-0.2, 0) is 26.4 Å². The van der Waals surface area contributed by atoms with Crippen LogP contribution < -0.4 is 0 Å². The fourth-order valence-electron chi connectivity index (χ4n) is 3.66. The van der Waals surface area contributed by atoms with E-state index in [0.717, 1.165) is 10.9 Å². The van der Waals surface area contributed by atoms with Crippen molar-refractivity contribution in [1.82, 2.24) is 9.47 Å². The Labute approximate surface area is 165 Å². The van der Waals surface area contributed by atoms with Crippen molar-refractivity contribution in [2.75, 3.05) is 24.7 Å². The second-order valence-electron chi connectivity index (χ2n) is 7.74. The number of amides is 1. The Morgan fingerprint density at radius 1 is 1.29 bits per heavy atom. The number of aromatic nitrogens is 1. The average molecular weight is 407 g/mol. The first kappa shape index (κ1) is 20.4. The predicted molar refractivity (Wildman–Crippen MR) is 107 cm³/mol. The topological polar surface area (TPSA) is 85.7 Å². The van der Waals surface area contributed by atoms with E-state index in [2.05, 4.69) is 0 Å². The van der Waals surface area contributed by atoms with Crippen LogP contribution in [0.5, 0.6) is 0 Å². The molecule has 0 unspecified atom stereocenters. The van der Waals surface area contributed by atoms with Gasteiger partial charge in [-0.05, 0) is 18.4 Å². The highest BCUT2D eigenvalue weighted by Gasteiger charge is 2.35. The molecule has 1 amide bonds. The number of esters is 1. The van der Waals surface area contributed by atoms with Crippen molar-refractivity contribution < 1.29 is 22.7 Å². The van der Waals surface area contributed by atoms with Crippen molar-refractivity contribution in [3.8, 4) is 0 Å². The van der Waals surface area contributed by atoms with Gasteiger partial charge in [0, 0.05) is 36.7 Å². The van der Waals surface area contributed by atoms with Gasteiger partial charge in [-0.3, -0.25) is 4.79 Å². The van der Waals surface area contributed by atoms with E-state index in [1.54, 1.807) is 11.1 Å². The molecule has 7 nitrogen and oxygen atoms in total. The summed E-state index contributed by atoms with van der Waals surface area (Å²) in [4.78, 5) is 26.8. The van der Waals surface area contributed by atoms with E-state index >= 15 is 0 Å². The van der Waals surface area contributed by atoms with Crippen molar-refractivity contribution in [2.45, 2.75) is 26.3 Å². The number of hydrogen-bond acceptors (Lipinski definition) is 5. The maximum absolute atomic E-state index is 12.7. The van der Waals surface area contributed by atoms with Crippen LogP contribution in [0.3, 0.4) is 0 Å². The van der Waals surface area contributed by atoms with Crippen LogP contribution in [0, 0.1) is 5.92 Å². The highest BCUT2D eigenvalue weighted by atomic mass is 32.2. The Kier molecular flexibility index (Phi) is 5.79. The van der Waals surface area contributed by atoms with Crippen LogP contribution in [-0.4, -0.2) is 60.5 Å². The Balaban J connectivity index is 1.70. The zero-order valence-electron chi connectivity index (χ0n) is 16.4. The molecule has 1 atom stereocenters. The van der Waals surface area contributed by atoms with E-state index in [1.165, 1.54) is 0 Å². The van der Waals surface area contributed by atoms with Crippen LogP contribution in [0.25, 0.3) is 10.9 Å². The van der Waals surface area contributed by atoms with Gasteiger partial charge in [0.1, 0.15) is 0 Å². The molecule has 0 N–H and O–H groups in total. The number of ether oxygens (including phenoxy) is 1. The lowest BCUT2D eigenvalue weighted by atomic mass is 10.1. The normalized spacial score (nSPS) is 18.5. The highest BCUT2D eigenvalue weighted by Crippen LogP contribution is 2.22. The molecule has 1 aliphatic rings. The summed E-state index contributed by atoms with van der Waals surface area (Å²) in [6, 6.07) is 7.12. The molecule has 0 aliphatic carbocycles. The number of benzene rings is 1. The summed E-state index contributed by atoms with van der Waals surface area (Å²) >= 11 is 0. The van der Waals surface area contributed by atoms with E-state index < -0.39 is 22.4 Å². The molecule has 1 aromatic carbocycles. The van der Waals surface area contributed by atoms with E-state index in [1.807, 2.05) is 49.7 Å². The number of nitrogens with zero attached hydrogens (tertiary/aromatic N) is 2. The minimum atomic E-state index is -3.11. The third kappa shape index (κ3) is 4.38. The van der Waals surface area contributed by atoms with Gasteiger partial charge < -0.3 is 14.2 Å². The van der Waals surface area contributed by atoms with Crippen molar-refractivity contribution in [1.29, 1.82) is 0 Å². The summed E-state index contributed by atoms with van der Waals surface area (Å²) in [6.45, 7) is 3.97. The lowest BCUT2D eigenvalue weighted by Gasteiger charge is -2.29. The van der Waals surface area contributed by atoms with Crippen LogP contribution in [0.15, 0.2) is 30.5 Å². The minimum Gasteiger partial charge on any atom is -0.452 e.